The minimum absolute atomic E-state index is 0.0832. The van der Waals surface area contributed by atoms with Crippen LogP contribution in [0, 0.1) is 5.82 Å². The maximum atomic E-state index is 13.3. The van der Waals surface area contributed by atoms with Gasteiger partial charge in [0.15, 0.2) is 0 Å². The Labute approximate surface area is 171 Å². The number of aromatic nitrogens is 2. The molecule has 29 heavy (non-hydrogen) atoms. The highest BCUT2D eigenvalue weighted by atomic mass is 35.5. The summed E-state index contributed by atoms with van der Waals surface area (Å²) in [6, 6.07) is 17.4. The van der Waals surface area contributed by atoms with E-state index in [4.69, 9.17) is 11.6 Å². The number of benzene rings is 2. The Kier molecular flexibility index (Phi) is 5.18. The second kappa shape index (κ2) is 7.93. The predicted octanol–water partition coefficient (Wildman–Crippen LogP) is 4.28. The molecule has 0 saturated carbocycles. The summed E-state index contributed by atoms with van der Waals surface area (Å²) in [5.74, 6) is -0.971. The van der Waals surface area contributed by atoms with E-state index in [1.807, 2.05) is 47.2 Å². The molecule has 2 aromatic carbocycles. The Bertz CT molecular complexity index is 1250. The summed E-state index contributed by atoms with van der Waals surface area (Å²) < 4.78 is 16.5. The Morgan fingerprint density at radius 2 is 1.72 bits per heavy atom. The fraction of sp³-hybridized carbons (Fsp3) is 0.0909. The van der Waals surface area contributed by atoms with E-state index < -0.39 is 11.7 Å². The number of rotatable bonds is 5. The highest BCUT2D eigenvalue weighted by Gasteiger charge is 2.12. The normalized spacial score (nSPS) is 11.0. The van der Waals surface area contributed by atoms with Gasteiger partial charge in [0.2, 0.25) is 5.91 Å². The molecule has 7 heteroatoms. The van der Waals surface area contributed by atoms with Crippen molar-refractivity contribution in [1.29, 1.82) is 0 Å². The lowest BCUT2D eigenvalue weighted by Gasteiger charge is -2.10. The first-order valence-electron chi connectivity index (χ1n) is 8.98. The maximum Gasteiger partial charge on any atom is 0.275 e. The first kappa shape index (κ1) is 19.0. The van der Waals surface area contributed by atoms with Gasteiger partial charge in [-0.1, -0.05) is 41.9 Å². The van der Waals surface area contributed by atoms with Gasteiger partial charge in [-0.25, -0.2) is 4.39 Å². The van der Waals surface area contributed by atoms with Crippen LogP contribution in [-0.4, -0.2) is 15.0 Å². The molecule has 2 aromatic heterocycles. The summed E-state index contributed by atoms with van der Waals surface area (Å²) in [5.41, 5.74) is 1.72. The second-order valence-electron chi connectivity index (χ2n) is 6.66. The fourth-order valence-electron chi connectivity index (χ4n) is 3.21. The van der Waals surface area contributed by atoms with Gasteiger partial charge in [0.1, 0.15) is 17.9 Å². The highest BCUT2D eigenvalue weighted by Crippen LogP contribution is 2.19. The van der Waals surface area contributed by atoms with E-state index in [1.54, 1.807) is 12.3 Å². The quantitative estimate of drug-likeness (QED) is 0.534. The van der Waals surface area contributed by atoms with Crippen LogP contribution in [0.4, 0.5) is 10.1 Å². The minimum atomic E-state index is -0.564. The second-order valence-corrected chi connectivity index (χ2v) is 7.07. The summed E-state index contributed by atoms with van der Waals surface area (Å²) in [7, 11) is 0. The molecule has 0 aliphatic heterocycles. The van der Waals surface area contributed by atoms with Gasteiger partial charge in [-0.05, 0) is 35.9 Å². The Hall–Kier alpha value is -3.38. The van der Waals surface area contributed by atoms with Crippen molar-refractivity contribution >= 4 is 34.1 Å². The van der Waals surface area contributed by atoms with Crippen molar-refractivity contribution in [1.82, 2.24) is 9.13 Å². The van der Waals surface area contributed by atoms with Gasteiger partial charge >= 0.3 is 0 Å². The number of hydrogen-bond acceptors (Lipinski definition) is 2. The van der Waals surface area contributed by atoms with Gasteiger partial charge in [0.05, 0.1) is 5.02 Å². The van der Waals surface area contributed by atoms with Crippen LogP contribution in [0.3, 0.4) is 0 Å². The van der Waals surface area contributed by atoms with E-state index in [1.165, 1.54) is 22.8 Å². The third kappa shape index (κ3) is 4.07. The molecule has 0 fully saturated rings. The predicted molar refractivity (Wildman–Crippen MR) is 112 cm³/mol. The summed E-state index contributed by atoms with van der Waals surface area (Å²) in [4.78, 5) is 25.3. The van der Waals surface area contributed by atoms with Gasteiger partial charge in [0, 0.05) is 30.0 Å². The van der Waals surface area contributed by atoms with E-state index in [0.717, 1.165) is 10.9 Å². The van der Waals surface area contributed by atoms with Crippen molar-refractivity contribution < 1.29 is 9.18 Å². The van der Waals surface area contributed by atoms with Gasteiger partial charge < -0.3 is 14.5 Å². The van der Waals surface area contributed by atoms with Gasteiger partial charge in [0.25, 0.3) is 5.56 Å². The highest BCUT2D eigenvalue weighted by molar-refractivity contribution is 6.31. The molecule has 4 rings (SSSR count). The number of halogens is 2. The lowest BCUT2D eigenvalue weighted by Crippen LogP contribution is -2.28. The lowest BCUT2D eigenvalue weighted by atomic mass is 10.2. The zero-order valence-electron chi connectivity index (χ0n) is 15.3. The SMILES string of the molecule is O=C(Cn1ccc2ccn(Cc3ccccc3)c2c1=O)Nc1ccc(F)c(Cl)c1. The number of fused-ring (bicyclic) bond motifs is 1. The van der Waals surface area contributed by atoms with E-state index in [0.29, 0.717) is 17.7 Å². The third-order valence-corrected chi connectivity index (χ3v) is 4.89. The van der Waals surface area contributed by atoms with Crippen LogP contribution in [-0.2, 0) is 17.9 Å². The number of nitrogens with one attached hydrogen (secondary N) is 1. The van der Waals surface area contributed by atoms with Crippen LogP contribution >= 0.6 is 11.6 Å². The Morgan fingerprint density at radius 3 is 2.45 bits per heavy atom. The average molecular weight is 410 g/mol. The molecule has 1 amide bonds. The molecule has 4 aromatic rings. The van der Waals surface area contributed by atoms with Crippen molar-refractivity contribution in [2.75, 3.05) is 5.32 Å². The number of nitrogens with zero attached hydrogens (tertiary/aromatic N) is 2. The number of anilines is 1. The van der Waals surface area contributed by atoms with E-state index in [2.05, 4.69) is 5.32 Å². The first-order valence-corrected chi connectivity index (χ1v) is 9.36. The molecule has 1 N–H and O–H groups in total. The molecule has 146 valence electrons. The van der Waals surface area contributed by atoms with Crippen LogP contribution in [0.15, 0.2) is 77.9 Å². The van der Waals surface area contributed by atoms with Crippen molar-refractivity contribution in [3.63, 3.8) is 0 Å². The molecule has 2 heterocycles. The Balaban J connectivity index is 1.58. The Morgan fingerprint density at radius 1 is 1.00 bits per heavy atom. The van der Waals surface area contributed by atoms with Crippen molar-refractivity contribution in [2.24, 2.45) is 0 Å². The van der Waals surface area contributed by atoms with E-state index in [9.17, 15) is 14.0 Å². The van der Waals surface area contributed by atoms with Crippen LogP contribution in [0.25, 0.3) is 10.9 Å². The van der Waals surface area contributed by atoms with Crippen molar-refractivity contribution in [3.8, 4) is 0 Å². The smallest absolute Gasteiger partial charge is 0.275 e. The zero-order valence-corrected chi connectivity index (χ0v) is 16.1. The number of hydrogen-bond donors (Lipinski definition) is 1. The zero-order chi connectivity index (χ0) is 20.4. The maximum absolute atomic E-state index is 13.3. The standard InChI is InChI=1S/C22H17ClFN3O2/c23-18-12-17(6-7-19(18)24)25-20(28)14-27-11-9-16-8-10-26(21(16)22(27)29)13-15-4-2-1-3-5-15/h1-12H,13-14H2,(H,25,28). The molecular weight excluding hydrogens is 393 g/mol. The summed E-state index contributed by atoms with van der Waals surface area (Å²) in [6.45, 7) is 0.393. The minimum Gasteiger partial charge on any atom is -0.339 e. The molecule has 0 bridgehead atoms. The van der Waals surface area contributed by atoms with Crippen LogP contribution in [0.2, 0.25) is 5.02 Å². The average Bonchev–Trinajstić information content (AvgIpc) is 3.11. The van der Waals surface area contributed by atoms with Crippen LogP contribution in [0.1, 0.15) is 5.56 Å². The third-order valence-electron chi connectivity index (χ3n) is 4.61. The van der Waals surface area contributed by atoms with E-state index >= 15 is 0 Å². The molecule has 0 atom stereocenters. The van der Waals surface area contributed by atoms with Crippen molar-refractivity contribution in [3.05, 3.63) is 99.8 Å². The molecular formula is C22H17ClFN3O2. The fourth-order valence-corrected chi connectivity index (χ4v) is 3.39. The molecule has 5 nitrogen and oxygen atoms in total. The number of amides is 1. The number of pyridine rings is 1. The van der Waals surface area contributed by atoms with E-state index in [-0.39, 0.29) is 17.1 Å². The number of carbonyl (C=O) groups is 1. The van der Waals surface area contributed by atoms with Gasteiger partial charge in [-0.3, -0.25) is 9.59 Å². The molecule has 0 saturated heterocycles. The number of carbonyl (C=O) groups excluding carboxylic acids is 1. The summed E-state index contributed by atoms with van der Waals surface area (Å²) in [5, 5.41) is 3.36. The van der Waals surface area contributed by atoms with Gasteiger partial charge in [-0.2, -0.15) is 0 Å². The van der Waals surface area contributed by atoms with Crippen molar-refractivity contribution in [2.45, 2.75) is 13.1 Å². The van der Waals surface area contributed by atoms with Gasteiger partial charge in [-0.15, -0.1) is 0 Å². The molecule has 0 aliphatic rings. The summed E-state index contributed by atoms with van der Waals surface area (Å²) >= 11 is 5.74. The van der Waals surface area contributed by atoms with Crippen LogP contribution in [0.5, 0.6) is 0 Å². The molecule has 0 radical (unpaired) electrons. The molecule has 0 spiro atoms. The largest absolute Gasteiger partial charge is 0.339 e. The summed E-state index contributed by atoms with van der Waals surface area (Å²) in [6.07, 6.45) is 3.46. The molecule has 0 unspecified atom stereocenters. The topological polar surface area (TPSA) is 56.0 Å². The lowest BCUT2D eigenvalue weighted by molar-refractivity contribution is -0.116. The monoisotopic (exact) mass is 409 g/mol. The molecule has 0 aliphatic carbocycles. The first-order chi connectivity index (χ1) is 14.0. The van der Waals surface area contributed by atoms with Crippen LogP contribution < -0.4 is 10.9 Å².